The molecule has 1 rings (SSSR count). The Hall–Kier alpha value is -0.750. The van der Waals surface area contributed by atoms with Crippen LogP contribution >= 0.6 is 27.5 Å². The molecule has 0 heterocycles. The second-order valence-electron chi connectivity index (χ2n) is 3.14. The Morgan fingerprint density at radius 2 is 2.06 bits per heavy atom. The number of carbonyl (C=O) groups is 1. The van der Waals surface area contributed by atoms with Crippen LogP contribution < -0.4 is 0 Å². The second-order valence-corrected chi connectivity index (χ2v) is 4.34. The molecule has 0 aliphatic carbocycles. The highest BCUT2D eigenvalue weighted by molar-refractivity contribution is 9.10. The van der Waals surface area contributed by atoms with Crippen LogP contribution in [0.25, 0.3) is 0 Å². The molecule has 0 atom stereocenters. The van der Waals surface area contributed by atoms with Crippen LogP contribution in [0.3, 0.4) is 0 Å². The van der Waals surface area contributed by atoms with Gasteiger partial charge >= 0.3 is 12.1 Å². The largest absolute Gasteiger partial charge is 0.469 e. The van der Waals surface area contributed by atoms with Crippen LogP contribution in [0, 0.1) is 0 Å². The van der Waals surface area contributed by atoms with Gasteiger partial charge in [-0.1, -0.05) is 11.6 Å². The zero-order valence-corrected chi connectivity index (χ0v) is 10.9. The second kappa shape index (κ2) is 5.27. The predicted octanol–water partition coefficient (Wildman–Crippen LogP) is 3.84. The Morgan fingerprint density at radius 1 is 1.47 bits per heavy atom. The molecule has 0 radical (unpaired) electrons. The van der Waals surface area contributed by atoms with Crippen LogP contribution in [0.1, 0.15) is 11.1 Å². The number of esters is 1. The molecule has 0 unspecified atom stereocenters. The summed E-state index contributed by atoms with van der Waals surface area (Å²) in [6.45, 7) is 0. The van der Waals surface area contributed by atoms with E-state index in [0.717, 1.165) is 19.2 Å². The maximum absolute atomic E-state index is 12.7. The van der Waals surface area contributed by atoms with Crippen LogP contribution in [0.2, 0.25) is 5.02 Å². The highest BCUT2D eigenvalue weighted by atomic mass is 79.9. The summed E-state index contributed by atoms with van der Waals surface area (Å²) in [5.41, 5.74) is -1.13. The van der Waals surface area contributed by atoms with E-state index in [1.807, 2.05) is 0 Å². The van der Waals surface area contributed by atoms with Gasteiger partial charge in [-0.3, -0.25) is 4.79 Å². The summed E-state index contributed by atoms with van der Waals surface area (Å²) in [7, 11) is 1.11. The normalized spacial score (nSPS) is 11.4. The monoisotopic (exact) mass is 330 g/mol. The number of halogens is 5. The Balaban J connectivity index is 3.32. The van der Waals surface area contributed by atoms with E-state index in [2.05, 4.69) is 20.7 Å². The third kappa shape index (κ3) is 3.35. The lowest BCUT2D eigenvalue weighted by atomic mass is 10.0. The summed E-state index contributed by atoms with van der Waals surface area (Å²) in [5.74, 6) is -0.765. The molecule has 17 heavy (non-hydrogen) atoms. The fourth-order valence-corrected chi connectivity index (χ4v) is 1.91. The van der Waals surface area contributed by atoms with Crippen LogP contribution in [0.15, 0.2) is 16.6 Å². The molecule has 0 amide bonds. The van der Waals surface area contributed by atoms with Gasteiger partial charge < -0.3 is 4.74 Å². The van der Waals surface area contributed by atoms with Crippen LogP contribution in [0.4, 0.5) is 13.2 Å². The van der Waals surface area contributed by atoms with Gasteiger partial charge in [0.2, 0.25) is 0 Å². The summed E-state index contributed by atoms with van der Waals surface area (Å²) < 4.78 is 42.5. The molecule has 1 aromatic carbocycles. The third-order valence-electron chi connectivity index (χ3n) is 2.05. The lowest BCUT2D eigenvalue weighted by Crippen LogP contribution is -2.14. The van der Waals surface area contributed by atoms with Crippen molar-refractivity contribution in [2.75, 3.05) is 7.11 Å². The van der Waals surface area contributed by atoms with Crippen LogP contribution in [-0.4, -0.2) is 13.1 Å². The molecule has 0 spiro atoms. The number of methoxy groups -OCH3 is 1. The van der Waals surface area contributed by atoms with Gasteiger partial charge in [0, 0.05) is 4.47 Å². The molecule has 0 saturated heterocycles. The van der Waals surface area contributed by atoms with Crippen LogP contribution in [-0.2, 0) is 22.1 Å². The standard InChI is InChI=1S/C10H7BrClF3O2/c1-17-8(16)4-5-6(10(13,14)15)2-3-7(12)9(5)11/h2-3H,4H2,1H3. The van der Waals surface area contributed by atoms with Gasteiger partial charge in [0.15, 0.2) is 0 Å². The van der Waals surface area contributed by atoms with E-state index >= 15 is 0 Å². The average Bonchev–Trinajstić information content (AvgIpc) is 2.22. The van der Waals surface area contributed by atoms with Gasteiger partial charge in [0.1, 0.15) is 0 Å². The fourth-order valence-electron chi connectivity index (χ4n) is 1.25. The SMILES string of the molecule is COC(=O)Cc1c(C(F)(F)F)ccc(Cl)c1Br. The van der Waals surface area contributed by atoms with E-state index in [1.54, 1.807) is 0 Å². The minimum Gasteiger partial charge on any atom is -0.469 e. The molecular formula is C10H7BrClF3O2. The van der Waals surface area contributed by atoms with E-state index in [1.165, 1.54) is 0 Å². The lowest BCUT2D eigenvalue weighted by Gasteiger charge is -2.14. The number of hydrogen-bond donors (Lipinski definition) is 0. The van der Waals surface area contributed by atoms with Crippen molar-refractivity contribution < 1.29 is 22.7 Å². The molecule has 0 aliphatic heterocycles. The van der Waals surface area contributed by atoms with E-state index in [-0.39, 0.29) is 15.1 Å². The number of carbonyl (C=O) groups excluding carboxylic acids is 1. The Kier molecular flexibility index (Phi) is 4.43. The van der Waals surface area contributed by atoms with Gasteiger partial charge in [0.05, 0.1) is 24.1 Å². The molecule has 2 nitrogen and oxygen atoms in total. The van der Waals surface area contributed by atoms with Gasteiger partial charge in [0.25, 0.3) is 0 Å². The lowest BCUT2D eigenvalue weighted by molar-refractivity contribution is -0.141. The van der Waals surface area contributed by atoms with Crippen molar-refractivity contribution in [3.63, 3.8) is 0 Å². The average molecular weight is 332 g/mol. The van der Waals surface area contributed by atoms with Gasteiger partial charge in [-0.15, -0.1) is 0 Å². The first kappa shape index (κ1) is 14.3. The van der Waals surface area contributed by atoms with Crippen molar-refractivity contribution in [2.45, 2.75) is 12.6 Å². The van der Waals surface area contributed by atoms with Crippen molar-refractivity contribution in [3.05, 3.63) is 32.8 Å². The first-order valence-corrected chi connectivity index (χ1v) is 5.55. The Labute approximate surface area is 109 Å². The summed E-state index contributed by atoms with van der Waals surface area (Å²) in [6.07, 6.45) is -5.04. The number of rotatable bonds is 2. The zero-order valence-electron chi connectivity index (χ0n) is 8.57. The molecule has 0 N–H and O–H groups in total. The van der Waals surface area contributed by atoms with E-state index in [4.69, 9.17) is 11.6 Å². The summed E-state index contributed by atoms with van der Waals surface area (Å²) in [4.78, 5) is 11.1. The summed E-state index contributed by atoms with van der Waals surface area (Å²) in [6, 6.07) is 1.96. The van der Waals surface area contributed by atoms with E-state index in [0.29, 0.717) is 0 Å². The molecule has 0 fully saturated rings. The van der Waals surface area contributed by atoms with Gasteiger partial charge in [-0.05, 0) is 33.6 Å². The first-order valence-electron chi connectivity index (χ1n) is 4.38. The maximum atomic E-state index is 12.7. The number of ether oxygens (including phenoxy) is 1. The highest BCUT2D eigenvalue weighted by Crippen LogP contribution is 2.38. The molecular weight excluding hydrogens is 324 g/mol. The number of alkyl halides is 3. The van der Waals surface area contributed by atoms with Crippen molar-refractivity contribution in [3.8, 4) is 0 Å². The van der Waals surface area contributed by atoms with Crippen molar-refractivity contribution in [1.82, 2.24) is 0 Å². The van der Waals surface area contributed by atoms with Crippen molar-refractivity contribution in [2.24, 2.45) is 0 Å². The number of benzene rings is 1. The minimum atomic E-state index is -4.55. The molecule has 7 heteroatoms. The minimum absolute atomic E-state index is 0.0550. The molecule has 0 aromatic heterocycles. The van der Waals surface area contributed by atoms with E-state index < -0.39 is 24.1 Å². The molecule has 94 valence electrons. The van der Waals surface area contributed by atoms with Gasteiger partial charge in [-0.2, -0.15) is 13.2 Å². The molecule has 0 saturated carbocycles. The smallest absolute Gasteiger partial charge is 0.416 e. The van der Waals surface area contributed by atoms with Crippen LogP contribution in [0.5, 0.6) is 0 Å². The van der Waals surface area contributed by atoms with E-state index in [9.17, 15) is 18.0 Å². The topological polar surface area (TPSA) is 26.3 Å². The summed E-state index contributed by atoms with van der Waals surface area (Å²) in [5, 5.41) is 0.108. The zero-order chi connectivity index (χ0) is 13.2. The Morgan fingerprint density at radius 3 is 2.53 bits per heavy atom. The molecule has 0 aliphatic rings. The maximum Gasteiger partial charge on any atom is 0.416 e. The van der Waals surface area contributed by atoms with Gasteiger partial charge in [-0.25, -0.2) is 0 Å². The fraction of sp³-hybridized carbons (Fsp3) is 0.300. The summed E-state index contributed by atoms with van der Waals surface area (Å²) >= 11 is 8.64. The number of hydrogen-bond acceptors (Lipinski definition) is 2. The third-order valence-corrected chi connectivity index (χ3v) is 3.50. The first-order chi connectivity index (χ1) is 7.77. The highest BCUT2D eigenvalue weighted by Gasteiger charge is 2.35. The quantitative estimate of drug-likeness (QED) is 0.770. The molecule has 0 bridgehead atoms. The van der Waals surface area contributed by atoms with Crippen molar-refractivity contribution in [1.29, 1.82) is 0 Å². The Bertz CT molecular complexity index is 446. The van der Waals surface area contributed by atoms with Crippen molar-refractivity contribution >= 4 is 33.5 Å². The molecule has 1 aromatic rings. The predicted molar refractivity (Wildman–Crippen MR) is 59.9 cm³/mol.